The molecule has 6 nitrogen and oxygen atoms in total. The Hall–Kier alpha value is -2.73. The van der Waals surface area contributed by atoms with Crippen LogP contribution in [0.1, 0.15) is 23.2 Å². The highest BCUT2D eigenvalue weighted by molar-refractivity contribution is 6.31. The largest absolute Gasteiger partial charge is 0.487 e. The van der Waals surface area contributed by atoms with Crippen molar-refractivity contribution in [1.82, 2.24) is 19.9 Å². The zero-order valence-corrected chi connectivity index (χ0v) is 14.8. The molecule has 0 unspecified atom stereocenters. The maximum atomic E-state index is 12.9. The Morgan fingerprint density at radius 3 is 2.85 bits per heavy atom. The molecule has 1 amide bonds. The van der Waals surface area contributed by atoms with E-state index in [1.807, 2.05) is 11.0 Å². The first-order valence-electron chi connectivity index (χ1n) is 8.47. The minimum Gasteiger partial charge on any atom is -0.487 e. The van der Waals surface area contributed by atoms with Crippen molar-refractivity contribution >= 4 is 28.5 Å². The van der Waals surface area contributed by atoms with Gasteiger partial charge in [0.1, 0.15) is 16.9 Å². The highest BCUT2D eigenvalue weighted by Gasteiger charge is 2.26. The highest BCUT2D eigenvalue weighted by Crippen LogP contribution is 2.26. The summed E-state index contributed by atoms with van der Waals surface area (Å²) in [5.74, 6) is 0.577. The third kappa shape index (κ3) is 3.46. The van der Waals surface area contributed by atoms with Crippen LogP contribution >= 0.6 is 11.6 Å². The fourth-order valence-corrected chi connectivity index (χ4v) is 3.30. The third-order valence-corrected chi connectivity index (χ3v) is 4.69. The molecule has 0 saturated carbocycles. The number of carbonyl (C=O) groups excluding carboxylic acids is 1. The number of likely N-dealkylation sites (tertiary alicyclic amines) is 1. The second kappa shape index (κ2) is 7.25. The highest BCUT2D eigenvalue weighted by atomic mass is 35.5. The van der Waals surface area contributed by atoms with E-state index < -0.39 is 0 Å². The summed E-state index contributed by atoms with van der Waals surface area (Å²) in [6, 6.07) is 7.15. The van der Waals surface area contributed by atoms with Crippen LogP contribution < -0.4 is 4.74 Å². The Morgan fingerprint density at radius 1 is 1.15 bits per heavy atom. The molecule has 0 spiro atoms. The van der Waals surface area contributed by atoms with Gasteiger partial charge in [-0.25, -0.2) is 0 Å². The molecule has 0 N–H and O–H groups in total. The Kier molecular flexibility index (Phi) is 4.67. The maximum Gasteiger partial charge on any atom is 0.254 e. The van der Waals surface area contributed by atoms with Crippen LogP contribution in [0.15, 0.2) is 49.1 Å². The fraction of sp³-hybridized carbons (Fsp3) is 0.263. The summed E-state index contributed by atoms with van der Waals surface area (Å²) in [7, 11) is 0. The number of rotatable bonds is 3. The Morgan fingerprint density at radius 2 is 2.00 bits per heavy atom. The summed E-state index contributed by atoms with van der Waals surface area (Å²) in [5.41, 5.74) is 2.10. The zero-order chi connectivity index (χ0) is 17.9. The average molecular weight is 369 g/mol. The van der Waals surface area contributed by atoms with Crippen LogP contribution in [0.2, 0.25) is 5.02 Å². The van der Waals surface area contributed by atoms with Crippen LogP contribution in [0.3, 0.4) is 0 Å². The van der Waals surface area contributed by atoms with Crippen molar-refractivity contribution in [3.8, 4) is 5.75 Å². The fourth-order valence-electron chi connectivity index (χ4n) is 3.14. The molecule has 1 fully saturated rings. The summed E-state index contributed by atoms with van der Waals surface area (Å²) in [6.45, 7) is 1.23. The van der Waals surface area contributed by atoms with Crippen LogP contribution in [-0.4, -0.2) is 45.0 Å². The van der Waals surface area contributed by atoms with E-state index in [4.69, 9.17) is 16.3 Å². The van der Waals surface area contributed by atoms with Gasteiger partial charge in [-0.2, -0.15) is 0 Å². The van der Waals surface area contributed by atoms with Gasteiger partial charge in [0, 0.05) is 43.0 Å². The first kappa shape index (κ1) is 16.7. The van der Waals surface area contributed by atoms with Gasteiger partial charge < -0.3 is 9.64 Å². The number of aromatic nitrogens is 3. The van der Waals surface area contributed by atoms with Crippen LogP contribution in [0.4, 0.5) is 0 Å². The van der Waals surface area contributed by atoms with Crippen molar-refractivity contribution < 1.29 is 9.53 Å². The Labute approximate surface area is 155 Å². The van der Waals surface area contributed by atoms with E-state index in [0.717, 1.165) is 18.4 Å². The smallest absolute Gasteiger partial charge is 0.254 e. The minimum absolute atomic E-state index is 0.0216. The topological polar surface area (TPSA) is 68.2 Å². The van der Waals surface area contributed by atoms with E-state index in [0.29, 0.717) is 34.9 Å². The van der Waals surface area contributed by atoms with E-state index in [9.17, 15) is 4.79 Å². The summed E-state index contributed by atoms with van der Waals surface area (Å²) in [4.78, 5) is 27.2. The number of hydrogen-bond acceptors (Lipinski definition) is 5. The lowest BCUT2D eigenvalue weighted by Crippen LogP contribution is -2.44. The van der Waals surface area contributed by atoms with E-state index in [2.05, 4.69) is 15.0 Å². The number of amides is 1. The second-order valence-electron chi connectivity index (χ2n) is 6.20. The molecule has 0 bridgehead atoms. The summed E-state index contributed by atoms with van der Waals surface area (Å²) in [5, 5.41) is 0.476. The molecule has 0 aliphatic carbocycles. The molecule has 1 saturated heterocycles. The SMILES string of the molecule is O=C(c1ccc2nccnc2c1)N1CCC[C@@H](Oc2ccncc2Cl)C1. The van der Waals surface area contributed by atoms with Crippen molar-refractivity contribution in [2.75, 3.05) is 13.1 Å². The maximum absolute atomic E-state index is 12.9. The van der Waals surface area contributed by atoms with Crippen LogP contribution in [0.25, 0.3) is 11.0 Å². The van der Waals surface area contributed by atoms with E-state index in [-0.39, 0.29) is 12.0 Å². The Balaban J connectivity index is 1.49. The van der Waals surface area contributed by atoms with Gasteiger partial charge in [-0.05, 0) is 31.0 Å². The number of carbonyl (C=O) groups is 1. The van der Waals surface area contributed by atoms with Gasteiger partial charge in [0.15, 0.2) is 0 Å². The van der Waals surface area contributed by atoms with Gasteiger partial charge in [0.05, 0.1) is 17.6 Å². The lowest BCUT2D eigenvalue weighted by atomic mass is 10.1. The average Bonchev–Trinajstić information content (AvgIpc) is 2.69. The number of hydrogen-bond donors (Lipinski definition) is 0. The molecule has 2 aromatic heterocycles. The van der Waals surface area contributed by atoms with Gasteiger partial charge in [0.2, 0.25) is 0 Å². The molecule has 1 aliphatic heterocycles. The molecule has 132 valence electrons. The predicted molar refractivity (Wildman–Crippen MR) is 98.3 cm³/mol. The molecule has 0 radical (unpaired) electrons. The molecule has 1 aromatic carbocycles. The summed E-state index contributed by atoms with van der Waals surface area (Å²) in [6.07, 6.45) is 8.13. The Bertz CT molecular complexity index is 949. The molecule has 7 heteroatoms. The lowest BCUT2D eigenvalue weighted by Gasteiger charge is -2.33. The van der Waals surface area contributed by atoms with E-state index in [1.54, 1.807) is 43.0 Å². The van der Waals surface area contributed by atoms with Crippen molar-refractivity contribution in [1.29, 1.82) is 0 Å². The van der Waals surface area contributed by atoms with Crippen molar-refractivity contribution in [3.63, 3.8) is 0 Å². The van der Waals surface area contributed by atoms with E-state index >= 15 is 0 Å². The molecular formula is C19H17ClN4O2. The van der Waals surface area contributed by atoms with E-state index in [1.165, 1.54) is 0 Å². The second-order valence-corrected chi connectivity index (χ2v) is 6.61. The number of halogens is 1. The number of ether oxygens (including phenoxy) is 1. The summed E-state index contributed by atoms with van der Waals surface area (Å²) < 4.78 is 5.98. The van der Waals surface area contributed by atoms with Crippen LogP contribution in [0, 0.1) is 0 Å². The summed E-state index contributed by atoms with van der Waals surface area (Å²) >= 11 is 6.11. The van der Waals surface area contributed by atoms with Crippen molar-refractivity contribution in [2.24, 2.45) is 0 Å². The number of benzene rings is 1. The first-order valence-corrected chi connectivity index (χ1v) is 8.85. The van der Waals surface area contributed by atoms with Gasteiger partial charge in [-0.3, -0.25) is 19.7 Å². The molecule has 3 aromatic rings. The lowest BCUT2D eigenvalue weighted by molar-refractivity contribution is 0.0538. The number of fused-ring (bicyclic) bond motifs is 1. The normalized spacial score (nSPS) is 17.3. The monoisotopic (exact) mass is 368 g/mol. The molecular weight excluding hydrogens is 352 g/mol. The first-order chi connectivity index (χ1) is 12.7. The molecule has 4 rings (SSSR count). The molecule has 1 atom stereocenters. The number of pyridine rings is 1. The third-order valence-electron chi connectivity index (χ3n) is 4.41. The molecule has 26 heavy (non-hydrogen) atoms. The zero-order valence-electron chi connectivity index (χ0n) is 14.0. The quantitative estimate of drug-likeness (QED) is 0.709. The van der Waals surface area contributed by atoms with Crippen LogP contribution in [0.5, 0.6) is 5.75 Å². The minimum atomic E-state index is -0.0900. The van der Waals surface area contributed by atoms with Gasteiger partial charge in [0.25, 0.3) is 5.91 Å². The molecule has 1 aliphatic rings. The van der Waals surface area contributed by atoms with Crippen molar-refractivity contribution in [2.45, 2.75) is 18.9 Å². The van der Waals surface area contributed by atoms with Gasteiger partial charge >= 0.3 is 0 Å². The van der Waals surface area contributed by atoms with Gasteiger partial charge in [-0.15, -0.1) is 0 Å². The van der Waals surface area contributed by atoms with Crippen LogP contribution in [-0.2, 0) is 0 Å². The number of nitrogens with zero attached hydrogens (tertiary/aromatic N) is 4. The standard InChI is InChI=1S/C19H17ClN4O2/c20-15-11-21-6-5-18(15)26-14-2-1-9-24(12-14)19(25)13-3-4-16-17(10-13)23-8-7-22-16/h3-8,10-11,14H,1-2,9,12H2/t14-/m1/s1. The van der Waals surface area contributed by atoms with Gasteiger partial charge in [-0.1, -0.05) is 11.6 Å². The van der Waals surface area contributed by atoms with Crippen molar-refractivity contribution in [3.05, 3.63) is 59.6 Å². The predicted octanol–water partition coefficient (Wildman–Crippen LogP) is 3.36. The molecule has 3 heterocycles. The number of piperidine rings is 1.